The molecule has 0 spiro atoms. The van der Waals surface area contributed by atoms with Crippen molar-refractivity contribution >= 4 is 5.97 Å². The summed E-state index contributed by atoms with van der Waals surface area (Å²) in [7, 11) is 1.33. The van der Waals surface area contributed by atoms with Gasteiger partial charge in [-0.2, -0.15) is 0 Å². The van der Waals surface area contributed by atoms with E-state index in [2.05, 4.69) is 15.0 Å². The maximum atomic E-state index is 11.1. The van der Waals surface area contributed by atoms with E-state index >= 15 is 0 Å². The molecule has 1 aliphatic rings. The number of ether oxygens (including phenoxy) is 2. The Morgan fingerprint density at radius 3 is 3.33 bits per heavy atom. The van der Waals surface area contributed by atoms with Crippen LogP contribution in [0.1, 0.15) is 16.9 Å². The average Bonchev–Trinajstić information content (AvgIpc) is 2.88. The fraction of sp³-hybridized carbons (Fsp3) is 0.667. The number of hydrogen-bond acceptors (Lipinski definition) is 5. The van der Waals surface area contributed by atoms with Crippen LogP contribution < -0.4 is 0 Å². The number of hydrogen-bond donors (Lipinski definition) is 0. The van der Waals surface area contributed by atoms with Crippen LogP contribution in [0.4, 0.5) is 0 Å². The third-order valence-electron chi connectivity index (χ3n) is 2.40. The van der Waals surface area contributed by atoms with Gasteiger partial charge in [0, 0.05) is 19.1 Å². The van der Waals surface area contributed by atoms with Crippen LogP contribution in [0.25, 0.3) is 0 Å². The first kappa shape index (κ1) is 10.1. The predicted octanol–water partition coefficient (Wildman–Crippen LogP) is 0.101. The van der Waals surface area contributed by atoms with Gasteiger partial charge in [-0.1, -0.05) is 5.21 Å². The normalized spacial score (nSPS) is 20.5. The number of rotatable bonds is 3. The Labute approximate surface area is 87.2 Å². The van der Waals surface area contributed by atoms with Gasteiger partial charge < -0.3 is 9.47 Å². The maximum Gasteiger partial charge on any atom is 0.360 e. The van der Waals surface area contributed by atoms with E-state index < -0.39 is 5.97 Å². The molecule has 15 heavy (non-hydrogen) atoms. The van der Waals surface area contributed by atoms with Crippen molar-refractivity contribution in [3.8, 4) is 0 Å². The summed E-state index contributed by atoms with van der Waals surface area (Å²) in [5.74, 6) is 0.0149. The minimum Gasteiger partial charge on any atom is -0.464 e. The topological polar surface area (TPSA) is 66.2 Å². The molecule has 0 saturated carbocycles. The number of aromatic nitrogens is 3. The molecule has 0 aliphatic carbocycles. The highest BCUT2D eigenvalue weighted by molar-refractivity contribution is 5.86. The molecule has 2 rings (SSSR count). The van der Waals surface area contributed by atoms with Crippen molar-refractivity contribution in [2.75, 3.05) is 20.3 Å². The lowest BCUT2D eigenvalue weighted by Crippen LogP contribution is -2.11. The Hall–Kier alpha value is -1.43. The molecular weight excluding hydrogens is 198 g/mol. The molecule has 1 saturated heterocycles. The molecule has 1 aromatic heterocycles. The van der Waals surface area contributed by atoms with Gasteiger partial charge >= 0.3 is 5.97 Å². The predicted molar refractivity (Wildman–Crippen MR) is 50.3 cm³/mol. The van der Waals surface area contributed by atoms with Crippen LogP contribution in [0.15, 0.2) is 6.20 Å². The average molecular weight is 211 g/mol. The summed E-state index contributed by atoms with van der Waals surface area (Å²) in [6.07, 6.45) is 2.64. The molecule has 1 aromatic rings. The van der Waals surface area contributed by atoms with Crippen molar-refractivity contribution in [2.24, 2.45) is 5.92 Å². The van der Waals surface area contributed by atoms with Crippen LogP contribution in [0, 0.1) is 5.92 Å². The molecule has 2 heterocycles. The van der Waals surface area contributed by atoms with Crippen molar-refractivity contribution in [1.29, 1.82) is 0 Å². The summed E-state index contributed by atoms with van der Waals surface area (Å²) in [5.41, 5.74) is 0.247. The summed E-state index contributed by atoms with van der Waals surface area (Å²) in [4.78, 5) is 11.1. The van der Waals surface area contributed by atoms with Gasteiger partial charge in [0.25, 0.3) is 0 Å². The second-order valence-electron chi connectivity index (χ2n) is 3.55. The lowest BCUT2D eigenvalue weighted by Gasteiger charge is -2.05. The Kier molecular flexibility index (Phi) is 2.96. The summed E-state index contributed by atoms with van der Waals surface area (Å²) >= 11 is 0. The zero-order valence-electron chi connectivity index (χ0n) is 8.55. The second kappa shape index (κ2) is 4.39. The van der Waals surface area contributed by atoms with Gasteiger partial charge in [0.2, 0.25) is 0 Å². The van der Waals surface area contributed by atoms with E-state index in [1.807, 2.05) is 0 Å². The molecule has 1 atom stereocenters. The van der Waals surface area contributed by atoms with E-state index in [1.54, 1.807) is 10.9 Å². The third kappa shape index (κ3) is 2.33. The highest BCUT2D eigenvalue weighted by Gasteiger charge is 2.18. The first-order valence-corrected chi connectivity index (χ1v) is 4.86. The van der Waals surface area contributed by atoms with Crippen molar-refractivity contribution in [2.45, 2.75) is 13.0 Å². The lowest BCUT2D eigenvalue weighted by atomic mass is 10.1. The van der Waals surface area contributed by atoms with E-state index in [0.29, 0.717) is 5.92 Å². The van der Waals surface area contributed by atoms with Crippen LogP contribution in [0.2, 0.25) is 0 Å². The van der Waals surface area contributed by atoms with E-state index in [9.17, 15) is 4.79 Å². The fourth-order valence-corrected chi connectivity index (χ4v) is 1.58. The zero-order chi connectivity index (χ0) is 10.7. The highest BCUT2D eigenvalue weighted by atomic mass is 16.5. The molecule has 6 heteroatoms. The number of nitrogens with zero attached hydrogens (tertiary/aromatic N) is 3. The van der Waals surface area contributed by atoms with Crippen molar-refractivity contribution < 1.29 is 14.3 Å². The Morgan fingerprint density at radius 1 is 1.80 bits per heavy atom. The first-order valence-electron chi connectivity index (χ1n) is 4.86. The summed E-state index contributed by atoms with van der Waals surface area (Å²) in [5, 5.41) is 7.59. The Morgan fingerprint density at radius 2 is 2.67 bits per heavy atom. The van der Waals surface area contributed by atoms with Gasteiger partial charge in [-0.15, -0.1) is 5.10 Å². The minimum atomic E-state index is -0.455. The molecule has 0 aromatic carbocycles. The van der Waals surface area contributed by atoms with Gasteiger partial charge in [-0.05, 0) is 6.42 Å². The maximum absolute atomic E-state index is 11.1. The standard InChI is InChI=1S/C9H13N3O3/c1-14-9(13)8-5-12(11-10-8)4-7-2-3-15-6-7/h5,7H,2-4,6H2,1H3. The SMILES string of the molecule is COC(=O)c1cn(CC2CCOC2)nn1. The first-order chi connectivity index (χ1) is 7.29. The van der Waals surface area contributed by atoms with E-state index in [-0.39, 0.29) is 5.69 Å². The lowest BCUT2D eigenvalue weighted by molar-refractivity contribution is 0.0594. The van der Waals surface area contributed by atoms with Crippen LogP contribution in [-0.4, -0.2) is 41.3 Å². The second-order valence-corrected chi connectivity index (χ2v) is 3.55. The minimum absolute atomic E-state index is 0.247. The van der Waals surface area contributed by atoms with E-state index in [4.69, 9.17) is 4.74 Å². The number of esters is 1. The van der Waals surface area contributed by atoms with Crippen molar-refractivity contribution in [3.05, 3.63) is 11.9 Å². The molecule has 6 nitrogen and oxygen atoms in total. The molecule has 1 aliphatic heterocycles. The largest absolute Gasteiger partial charge is 0.464 e. The van der Waals surface area contributed by atoms with Gasteiger partial charge in [0.15, 0.2) is 5.69 Å². The highest BCUT2D eigenvalue weighted by Crippen LogP contribution is 2.14. The van der Waals surface area contributed by atoms with Crippen LogP contribution in [0.5, 0.6) is 0 Å². The van der Waals surface area contributed by atoms with Crippen molar-refractivity contribution in [3.63, 3.8) is 0 Å². The van der Waals surface area contributed by atoms with E-state index in [0.717, 1.165) is 26.2 Å². The quantitative estimate of drug-likeness (QED) is 0.663. The molecule has 1 fully saturated rings. The number of methoxy groups -OCH3 is 1. The monoisotopic (exact) mass is 211 g/mol. The fourth-order valence-electron chi connectivity index (χ4n) is 1.58. The molecule has 0 radical (unpaired) electrons. The summed E-state index contributed by atoms with van der Waals surface area (Å²) < 4.78 is 11.5. The molecule has 1 unspecified atom stereocenters. The summed E-state index contributed by atoms with van der Waals surface area (Å²) in [6, 6.07) is 0. The Balaban J connectivity index is 1.97. The molecule has 0 N–H and O–H groups in total. The van der Waals surface area contributed by atoms with Crippen molar-refractivity contribution in [1.82, 2.24) is 15.0 Å². The smallest absolute Gasteiger partial charge is 0.360 e. The van der Waals surface area contributed by atoms with Gasteiger partial charge in [-0.3, -0.25) is 4.68 Å². The van der Waals surface area contributed by atoms with Crippen LogP contribution >= 0.6 is 0 Å². The zero-order valence-corrected chi connectivity index (χ0v) is 8.55. The number of carbonyl (C=O) groups is 1. The molecule has 0 bridgehead atoms. The van der Waals surface area contributed by atoms with Gasteiger partial charge in [-0.25, -0.2) is 4.79 Å². The Bertz CT molecular complexity index is 344. The molecule has 82 valence electrons. The van der Waals surface area contributed by atoms with Crippen LogP contribution in [-0.2, 0) is 16.0 Å². The van der Waals surface area contributed by atoms with Crippen LogP contribution in [0.3, 0.4) is 0 Å². The third-order valence-corrected chi connectivity index (χ3v) is 2.40. The summed E-state index contributed by atoms with van der Waals surface area (Å²) in [6.45, 7) is 2.31. The molecule has 0 amide bonds. The molecular formula is C9H13N3O3. The van der Waals surface area contributed by atoms with Gasteiger partial charge in [0.1, 0.15) is 0 Å². The number of carbonyl (C=O) groups excluding carboxylic acids is 1. The van der Waals surface area contributed by atoms with E-state index in [1.165, 1.54) is 7.11 Å². The van der Waals surface area contributed by atoms with Gasteiger partial charge in [0.05, 0.1) is 19.9 Å².